The number of hydrogen-bond acceptors (Lipinski definition) is 3. The first-order chi connectivity index (χ1) is 9.13. The van der Waals surface area contributed by atoms with Crippen LogP contribution in [0.1, 0.15) is 28.8 Å². The van der Waals surface area contributed by atoms with Crippen LogP contribution in [-0.2, 0) is 12.8 Å². The van der Waals surface area contributed by atoms with E-state index in [0.29, 0.717) is 11.5 Å². The number of carbonyl (C=O) groups is 1. The lowest BCUT2D eigenvalue weighted by Crippen LogP contribution is -2.04. The topological polar surface area (TPSA) is 39.4 Å². The molecule has 0 unspecified atom stereocenters. The van der Waals surface area contributed by atoms with Crippen molar-refractivity contribution in [3.05, 3.63) is 51.9 Å². The van der Waals surface area contributed by atoms with Crippen LogP contribution < -0.4 is 4.74 Å². The van der Waals surface area contributed by atoms with Crippen LogP contribution >= 0.6 is 15.9 Å². The number of ether oxygens (including phenoxy) is 1. The molecule has 0 aliphatic rings. The zero-order valence-corrected chi connectivity index (χ0v) is 12.5. The van der Waals surface area contributed by atoms with E-state index in [4.69, 9.17) is 9.15 Å². The van der Waals surface area contributed by atoms with Crippen molar-refractivity contribution in [3.8, 4) is 5.75 Å². The van der Waals surface area contributed by atoms with E-state index in [-0.39, 0.29) is 12.2 Å². The van der Waals surface area contributed by atoms with Gasteiger partial charge in [0.15, 0.2) is 5.76 Å². The molecule has 3 nitrogen and oxygen atoms in total. The molecule has 1 aromatic heterocycles. The van der Waals surface area contributed by atoms with Gasteiger partial charge in [0.2, 0.25) is 5.78 Å². The summed E-state index contributed by atoms with van der Waals surface area (Å²) in [6, 6.07) is 9.18. The van der Waals surface area contributed by atoms with Crippen molar-refractivity contribution in [2.75, 3.05) is 7.11 Å². The molecule has 19 heavy (non-hydrogen) atoms. The Balaban J connectivity index is 2.20. The zero-order valence-electron chi connectivity index (χ0n) is 10.9. The number of halogens is 1. The number of ketones is 1. The van der Waals surface area contributed by atoms with Gasteiger partial charge in [-0.05, 0) is 30.3 Å². The van der Waals surface area contributed by atoms with E-state index >= 15 is 0 Å². The minimum absolute atomic E-state index is 0.0453. The smallest absolute Gasteiger partial charge is 0.202 e. The van der Waals surface area contributed by atoms with Gasteiger partial charge in [0.05, 0.1) is 7.11 Å². The van der Waals surface area contributed by atoms with Gasteiger partial charge in [0, 0.05) is 22.9 Å². The van der Waals surface area contributed by atoms with Crippen molar-refractivity contribution < 1.29 is 13.9 Å². The van der Waals surface area contributed by atoms with E-state index in [1.54, 1.807) is 13.2 Å². The molecule has 0 spiro atoms. The summed E-state index contributed by atoms with van der Waals surface area (Å²) in [6.45, 7) is 1.99. The van der Waals surface area contributed by atoms with E-state index in [1.165, 1.54) is 0 Å². The first-order valence-corrected chi connectivity index (χ1v) is 6.87. The van der Waals surface area contributed by atoms with Gasteiger partial charge in [-0.1, -0.05) is 22.9 Å². The van der Waals surface area contributed by atoms with Crippen LogP contribution in [0.4, 0.5) is 0 Å². The standard InChI is InChI=1S/C15H15BrO3/c1-3-12-5-7-15(19-12)13(17)9-10-8-11(16)4-6-14(10)18-2/h4-8H,3,9H2,1-2H3. The number of methoxy groups -OCH3 is 1. The Kier molecular flexibility index (Phi) is 4.43. The van der Waals surface area contributed by atoms with Crippen LogP contribution in [0.25, 0.3) is 0 Å². The number of carbonyl (C=O) groups excluding carboxylic acids is 1. The number of hydrogen-bond donors (Lipinski definition) is 0. The Bertz CT molecular complexity index is 587. The fourth-order valence-corrected chi connectivity index (χ4v) is 2.27. The van der Waals surface area contributed by atoms with E-state index in [2.05, 4.69) is 15.9 Å². The van der Waals surface area contributed by atoms with Gasteiger partial charge in [0.25, 0.3) is 0 Å². The fraction of sp³-hybridized carbons (Fsp3) is 0.267. The van der Waals surface area contributed by atoms with Crippen molar-refractivity contribution in [2.45, 2.75) is 19.8 Å². The minimum Gasteiger partial charge on any atom is -0.496 e. The number of benzene rings is 1. The molecule has 0 atom stereocenters. The monoisotopic (exact) mass is 322 g/mol. The molecule has 0 aliphatic carbocycles. The summed E-state index contributed by atoms with van der Waals surface area (Å²) < 4.78 is 11.6. The maximum absolute atomic E-state index is 12.2. The molecule has 0 bridgehead atoms. The molecular formula is C15H15BrO3. The summed E-state index contributed by atoms with van der Waals surface area (Å²) in [6.07, 6.45) is 1.05. The molecule has 0 radical (unpaired) electrons. The van der Waals surface area contributed by atoms with Crippen LogP contribution in [0.15, 0.2) is 39.2 Å². The highest BCUT2D eigenvalue weighted by molar-refractivity contribution is 9.10. The van der Waals surface area contributed by atoms with Crippen molar-refractivity contribution in [3.63, 3.8) is 0 Å². The van der Waals surface area contributed by atoms with Gasteiger partial charge >= 0.3 is 0 Å². The van der Waals surface area contributed by atoms with Gasteiger partial charge in [-0.3, -0.25) is 4.79 Å². The molecule has 1 heterocycles. The Morgan fingerprint density at radius 3 is 2.74 bits per heavy atom. The summed E-state index contributed by atoms with van der Waals surface area (Å²) in [5.41, 5.74) is 0.844. The Hall–Kier alpha value is -1.55. The average Bonchev–Trinajstić information content (AvgIpc) is 2.88. The lowest BCUT2D eigenvalue weighted by atomic mass is 10.1. The molecule has 2 aromatic rings. The highest BCUT2D eigenvalue weighted by Crippen LogP contribution is 2.24. The molecule has 2 rings (SSSR count). The molecule has 100 valence electrons. The second kappa shape index (κ2) is 6.06. The largest absolute Gasteiger partial charge is 0.496 e. The first-order valence-electron chi connectivity index (χ1n) is 6.08. The summed E-state index contributed by atoms with van der Waals surface area (Å²) in [7, 11) is 1.60. The molecular weight excluding hydrogens is 308 g/mol. The third-order valence-corrected chi connectivity index (χ3v) is 3.37. The summed E-state index contributed by atoms with van der Waals surface area (Å²) in [5.74, 6) is 1.89. The normalized spacial score (nSPS) is 10.5. The molecule has 0 aliphatic heterocycles. The molecule has 0 saturated heterocycles. The van der Waals surface area contributed by atoms with E-state index in [0.717, 1.165) is 22.2 Å². The molecule has 0 N–H and O–H groups in total. The van der Waals surface area contributed by atoms with Crippen molar-refractivity contribution in [1.29, 1.82) is 0 Å². The molecule has 0 amide bonds. The molecule has 0 saturated carbocycles. The molecule has 0 fully saturated rings. The first kappa shape index (κ1) is 13.9. The van der Waals surface area contributed by atoms with Gasteiger partial charge < -0.3 is 9.15 Å². The Labute approximate surface area is 120 Å². The van der Waals surface area contributed by atoms with Crippen LogP contribution in [-0.4, -0.2) is 12.9 Å². The quantitative estimate of drug-likeness (QED) is 0.780. The maximum atomic E-state index is 12.2. The predicted octanol–water partition coefficient (Wildman–Crippen LogP) is 4.04. The van der Waals surface area contributed by atoms with Crippen molar-refractivity contribution in [2.24, 2.45) is 0 Å². The highest BCUT2D eigenvalue weighted by Gasteiger charge is 2.14. The van der Waals surface area contributed by atoms with E-state index < -0.39 is 0 Å². The summed E-state index contributed by atoms with van der Waals surface area (Å²) >= 11 is 3.40. The van der Waals surface area contributed by atoms with Crippen LogP contribution in [0, 0.1) is 0 Å². The second-order valence-corrected chi connectivity index (χ2v) is 5.09. The Morgan fingerprint density at radius 2 is 2.11 bits per heavy atom. The average molecular weight is 323 g/mol. The van der Waals surface area contributed by atoms with E-state index in [9.17, 15) is 4.79 Å². The van der Waals surface area contributed by atoms with Crippen molar-refractivity contribution >= 4 is 21.7 Å². The second-order valence-electron chi connectivity index (χ2n) is 4.18. The summed E-state index contributed by atoms with van der Waals surface area (Å²) in [5, 5.41) is 0. The SMILES string of the molecule is CCc1ccc(C(=O)Cc2cc(Br)ccc2OC)o1. The molecule has 4 heteroatoms. The van der Waals surface area contributed by atoms with Gasteiger partial charge in [-0.15, -0.1) is 0 Å². The number of aryl methyl sites for hydroxylation is 1. The number of Topliss-reactive ketones (excluding diaryl/α,β-unsaturated/α-hetero) is 1. The minimum atomic E-state index is -0.0453. The van der Waals surface area contributed by atoms with Crippen molar-refractivity contribution in [1.82, 2.24) is 0 Å². The zero-order chi connectivity index (χ0) is 13.8. The number of furan rings is 1. The van der Waals surface area contributed by atoms with Crippen LogP contribution in [0.2, 0.25) is 0 Å². The number of rotatable bonds is 5. The maximum Gasteiger partial charge on any atom is 0.202 e. The lowest BCUT2D eigenvalue weighted by molar-refractivity contribution is 0.0964. The van der Waals surface area contributed by atoms with Crippen LogP contribution in [0.5, 0.6) is 5.75 Å². The lowest BCUT2D eigenvalue weighted by Gasteiger charge is -2.07. The summed E-state index contributed by atoms with van der Waals surface area (Å²) in [4.78, 5) is 12.2. The Morgan fingerprint density at radius 1 is 1.32 bits per heavy atom. The fourth-order valence-electron chi connectivity index (χ4n) is 1.86. The van der Waals surface area contributed by atoms with Gasteiger partial charge in [-0.25, -0.2) is 0 Å². The highest BCUT2D eigenvalue weighted by atomic mass is 79.9. The van der Waals surface area contributed by atoms with Gasteiger partial charge in [0.1, 0.15) is 11.5 Å². The predicted molar refractivity (Wildman–Crippen MR) is 76.8 cm³/mol. The third kappa shape index (κ3) is 3.26. The van der Waals surface area contributed by atoms with E-state index in [1.807, 2.05) is 31.2 Å². The molecule has 1 aromatic carbocycles. The van der Waals surface area contributed by atoms with Crippen LogP contribution in [0.3, 0.4) is 0 Å². The van der Waals surface area contributed by atoms with Gasteiger partial charge in [-0.2, -0.15) is 0 Å². The third-order valence-electron chi connectivity index (χ3n) is 2.88.